The molecule has 20 heavy (non-hydrogen) atoms. The second-order valence-corrected chi connectivity index (χ2v) is 5.60. The van der Waals surface area contributed by atoms with Crippen molar-refractivity contribution in [1.29, 1.82) is 0 Å². The third kappa shape index (κ3) is 3.15. The summed E-state index contributed by atoms with van der Waals surface area (Å²) >= 11 is 7.28. The van der Waals surface area contributed by atoms with Crippen molar-refractivity contribution in [3.8, 4) is 0 Å². The lowest BCUT2D eigenvalue weighted by atomic mass is 10.2. The number of carbonyl (C=O) groups is 1. The normalized spacial score (nSPS) is 10.3. The number of nitrogens with zero attached hydrogens (tertiary/aromatic N) is 2. The third-order valence-electron chi connectivity index (χ3n) is 2.71. The van der Waals surface area contributed by atoms with E-state index in [4.69, 9.17) is 11.6 Å². The average molecular weight is 311 g/mol. The first-order valence-corrected chi connectivity index (χ1v) is 6.96. The van der Waals surface area contributed by atoms with Crippen molar-refractivity contribution in [3.05, 3.63) is 61.3 Å². The van der Waals surface area contributed by atoms with Crippen LogP contribution in [-0.2, 0) is 6.54 Å². The number of halogens is 1. The second-order valence-electron chi connectivity index (χ2n) is 4.16. The number of hydrogen-bond acceptors (Lipinski definition) is 4. The van der Waals surface area contributed by atoms with Crippen LogP contribution in [0, 0.1) is 10.1 Å². The Morgan fingerprint density at radius 1 is 1.45 bits per heavy atom. The molecule has 0 N–H and O–H groups in total. The Labute approximate surface area is 124 Å². The van der Waals surface area contributed by atoms with Crippen LogP contribution in [0.15, 0.2) is 35.7 Å². The Balaban J connectivity index is 2.20. The molecule has 1 heterocycles. The topological polar surface area (TPSA) is 63.5 Å². The van der Waals surface area contributed by atoms with Gasteiger partial charge in [0.15, 0.2) is 0 Å². The van der Waals surface area contributed by atoms with Gasteiger partial charge in [0.05, 0.1) is 11.5 Å². The van der Waals surface area contributed by atoms with E-state index in [-0.39, 0.29) is 22.2 Å². The van der Waals surface area contributed by atoms with Crippen molar-refractivity contribution in [2.24, 2.45) is 0 Å². The standard InChI is InChI=1S/C13H11ClN2O3S/c1-15(8-10-3-2-6-20-10)13(17)9-4-5-11(14)12(7-9)16(18)19/h2-7H,8H2,1H3. The lowest BCUT2D eigenvalue weighted by Gasteiger charge is -2.16. The smallest absolute Gasteiger partial charge is 0.288 e. The van der Waals surface area contributed by atoms with E-state index in [1.54, 1.807) is 18.4 Å². The van der Waals surface area contributed by atoms with Gasteiger partial charge >= 0.3 is 0 Å². The molecule has 1 aromatic carbocycles. The van der Waals surface area contributed by atoms with E-state index in [0.717, 1.165) is 4.88 Å². The Hall–Kier alpha value is -1.92. The SMILES string of the molecule is CN(Cc1cccs1)C(=O)c1ccc(Cl)c([N+](=O)[O-])c1. The van der Waals surface area contributed by atoms with Crippen LogP contribution >= 0.6 is 22.9 Å². The van der Waals surface area contributed by atoms with Crippen molar-refractivity contribution < 1.29 is 9.72 Å². The van der Waals surface area contributed by atoms with Crippen LogP contribution in [0.5, 0.6) is 0 Å². The quantitative estimate of drug-likeness (QED) is 0.640. The molecule has 2 rings (SSSR count). The van der Waals surface area contributed by atoms with Crippen molar-refractivity contribution in [3.63, 3.8) is 0 Å². The van der Waals surface area contributed by atoms with Crippen molar-refractivity contribution in [1.82, 2.24) is 4.90 Å². The summed E-state index contributed by atoms with van der Waals surface area (Å²) in [6.45, 7) is 0.465. The summed E-state index contributed by atoms with van der Waals surface area (Å²) in [5.74, 6) is -0.279. The third-order valence-corrected chi connectivity index (χ3v) is 3.89. The zero-order valence-electron chi connectivity index (χ0n) is 10.6. The van der Waals surface area contributed by atoms with E-state index in [0.29, 0.717) is 6.54 Å². The lowest BCUT2D eigenvalue weighted by molar-refractivity contribution is -0.384. The summed E-state index contributed by atoms with van der Waals surface area (Å²) < 4.78 is 0. The summed E-state index contributed by atoms with van der Waals surface area (Å²) in [5, 5.41) is 12.8. The Bertz CT molecular complexity index is 643. The predicted molar refractivity (Wildman–Crippen MR) is 78.2 cm³/mol. The zero-order chi connectivity index (χ0) is 14.7. The average Bonchev–Trinajstić information content (AvgIpc) is 2.91. The van der Waals surface area contributed by atoms with Crippen LogP contribution in [0.25, 0.3) is 0 Å². The summed E-state index contributed by atoms with van der Waals surface area (Å²) in [7, 11) is 1.66. The van der Waals surface area contributed by atoms with E-state index >= 15 is 0 Å². The van der Waals surface area contributed by atoms with Crippen molar-refractivity contribution >= 4 is 34.5 Å². The molecule has 2 aromatic rings. The van der Waals surface area contributed by atoms with Gasteiger partial charge in [0.25, 0.3) is 11.6 Å². The highest BCUT2D eigenvalue weighted by molar-refractivity contribution is 7.09. The minimum Gasteiger partial charge on any atom is -0.337 e. The van der Waals surface area contributed by atoms with Gasteiger partial charge in [-0.25, -0.2) is 0 Å². The van der Waals surface area contributed by atoms with Crippen LogP contribution < -0.4 is 0 Å². The molecule has 7 heteroatoms. The molecule has 0 saturated carbocycles. The van der Waals surface area contributed by atoms with Gasteiger partial charge in [-0.2, -0.15) is 0 Å². The highest BCUT2D eigenvalue weighted by atomic mass is 35.5. The van der Waals surface area contributed by atoms with E-state index in [2.05, 4.69) is 0 Å². The fourth-order valence-corrected chi connectivity index (χ4v) is 2.66. The van der Waals surface area contributed by atoms with Crippen LogP contribution in [0.2, 0.25) is 5.02 Å². The van der Waals surface area contributed by atoms with Gasteiger partial charge in [0, 0.05) is 23.6 Å². The molecule has 0 radical (unpaired) electrons. The van der Waals surface area contributed by atoms with Gasteiger partial charge < -0.3 is 4.90 Å². The highest BCUT2D eigenvalue weighted by Gasteiger charge is 2.18. The second kappa shape index (κ2) is 6.02. The molecular formula is C13H11ClN2O3S. The Kier molecular flexibility index (Phi) is 4.36. The number of nitro benzene ring substituents is 1. The molecule has 0 spiro atoms. The number of amides is 1. The predicted octanol–water partition coefficient (Wildman–Crippen LogP) is 3.58. The molecule has 0 unspecified atom stereocenters. The van der Waals surface area contributed by atoms with Gasteiger partial charge in [0.2, 0.25) is 0 Å². The summed E-state index contributed by atoms with van der Waals surface area (Å²) in [4.78, 5) is 25.0. The minimum absolute atomic E-state index is 0.0208. The van der Waals surface area contributed by atoms with Crippen LogP contribution in [-0.4, -0.2) is 22.8 Å². The Morgan fingerprint density at radius 3 is 2.80 bits per heavy atom. The van der Waals surface area contributed by atoms with Crippen LogP contribution in [0.1, 0.15) is 15.2 Å². The monoisotopic (exact) mass is 310 g/mol. The van der Waals surface area contributed by atoms with Crippen molar-refractivity contribution in [2.75, 3.05) is 7.05 Å². The van der Waals surface area contributed by atoms with E-state index in [9.17, 15) is 14.9 Å². The maximum atomic E-state index is 12.2. The maximum Gasteiger partial charge on any atom is 0.288 e. The van der Waals surface area contributed by atoms with E-state index < -0.39 is 4.92 Å². The first kappa shape index (κ1) is 14.5. The molecule has 0 aliphatic carbocycles. The Morgan fingerprint density at radius 2 is 2.20 bits per heavy atom. The van der Waals surface area contributed by atoms with Gasteiger partial charge in [0.1, 0.15) is 5.02 Å². The molecule has 0 aliphatic rings. The molecule has 1 amide bonds. The first-order chi connectivity index (χ1) is 9.49. The zero-order valence-corrected chi connectivity index (χ0v) is 12.1. The molecule has 5 nitrogen and oxygen atoms in total. The molecular weight excluding hydrogens is 300 g/mol. The molecule has 104 valence electrons. The van der Waals surface area contributed by atoms with Crippen molar-refractivity contribution in [2.45, 2.75) is 6.54 Å². The molecule has 0 aliphatic heterocycles. The summed E-state index contributed by atoms with van der Waals surface area (Å²) in [5.41, 5.74) is -0.0119. The number of benzene rings is 1. The fraction of sp³-hybridized carbons (Fsp3) is 0.154. The first-order valence-electron chi connectivity index (χ1n) is 5.71. The van der Waals surface area contributed by atoms with Gasteiger partial charge in [-0.15, -0.1) is 11.3 Å². The van der Waals surface area contributed by atoms with E-state index in [1.807, 2.05) is 17.5 Å². The number of nitro groups is 1. The maximum absolute atomic E-state index is 12.2. The molecule has 0 fully saturated rings. The lowest BCUT2D eigenvalue weighted by Crippen LogP contribution is -2.25. The molecule has 0 bridgehead atoms. The van der Waals surface area contributed by atoms with Gasteiger partial charge in [-0.05, 0) is 23.6 Å². The summed E-state index contributed by atoms with van der Waals surface area (Å²) in [6.07, 6.45) is 0. The number of thiophene rings is 1. The van der Waals surface area contributed by atoms with Crippen LogP contribution in [0.3, 0.4) is 0 Å². The number of hydrogen-bond donors (Lipinski definition) is 0. The molecule has 1 aromatic heterocycles. The largest absolute Gasteiger partial charge is 0.337 e. The number of carbonyl (C=O) groups excluding carboxylic acids is 1. The van der Waals surface area contributed by atoms with Crippen LogP contribution in [0.4, 0.5) is 5.69 Å². The molecule has 0 saturated heterocycles. The fourth-order valence-electron chi connectivity index (χ4n) is 1.71. The minimum atomic E-state index is -0.599. The van der Waals surface area contributed by atoms with Gasteiger partial charge in [-0.3, -0.25) is 14.9 Å². The highest BCUT2D eigenvalue weighted by Crippen LogP contribution is 2.25. The molecule has 0 atom stereocenters. The number of rotatable bonds is 4. The van der Waals surface area contributed by atoms with E-state index in [1.165, 1.54) is 23.1 Å². The van der Waals surface area contributed by atoms with Gasteiger partial charge in [-0.1, -0.05) is 17.7 Å². The summed E-state index contributed by atoms with van der Waals surface area (Å²) in [6, 6.07) is 7.90.